The van der Waals surface area contributed by atoms with Crippen LogP contribution in [0.15, 0.2) is 24.3 Å². The monoisotopic (exact) mass is 232 g/mol. The minimum atomic E-state index is 0.304. The molecule has 0 N–H and O–H groups in total. The average Bonchev–Trinajstić information content (AvgIpc) is 2.40. The van der Waals surface area contributed by atoms with Crippen LogP contribution in [-0.4, -0.2) is 34.6 Å². The van der Waals surface area contributed by atoms with Crippen molar-refractivity contribution in [1.29, 1.82) is 0 Å². The number of hydrogen-bond donors (Lipinski definition) is 0. The normalized spacial score (nSPS) is 10.2. The topological polar surface area (TPSA) is 70.0 Å². The summed E-state index contributed by atoms with van der Waals surface area (Å²) in [6.07, 6.45) is 0. The first-order valence-corrected chi connectivity index (χ1v) is 5.03. The van der Waals surface area contributed by atoms with E-state index in [1.165, 1.54) is 0 Å². The summed E-state index contributed by atoms with van der Waals surface area (Å²) in [7, 11) is 3.18. The molecule has 0 saturated heterocycles. The molecule has 2 rings (SSSR count). The van der Waals surface area contributed by atoms with Gasteiger partial charge >= 0.3 is 0 Å². The van der Waals surface area contributed by atoms with Gasteiger partial charge in [-0.15, -0.1) is 20.4 Å². The molecule has 0 radical (unpaired) electrons. The van der Waals surface area contributed by atoms with E-state index in [-0.39, 0.29) is 0 Å². The molecule has 17 heavy (non-hydrogen) atoms. The second-order valence-corrected chi connectivity index (χ2v) is 3.30. The second kappa shape index (κ2) is 5.31. The Kier molecular flexibility index (Phi) is 3.56. The number of rotatable bonds is 4. The van der Waals surface area contributed by atoms with Crippen LogP contribution in [0.2, 0.25) is 0 Å². The molecule has 0 atom stereocenters. The molecule has 0 spiro atoms. The summed E-state index contributed by atoms with van der Waals surface area (Å²) in [5.41, 5.74) is 0.813. The minimum absolute atomic E-state index is 0.304. The highest BCUT2D eigenvalue weighted by Gasteiger charge is 2.05. The summed E-state index contributed by atoms with van der Waals surface area (Å²) < 4.78 is 10.0. The fourth-order valence-electron chi connectivity index (χ4n) is 1.31. The summed E-state index contributed by atoms with van der Waals surface area (Å²) in [5, 5.41) is 15.8. The zero-order valence-corrected chi connectivity index (χ0v) is 9.62. The summed E-state index contributed by atoms with van der Waals surface area (Å²) in [6, 6.07) is 7.41. The number of aromatic nitrogens is 4. The quantitative estimate of drug-likeness (QED) is 0.785. The number of methoxy groups -OCH3 is 2. The third-order valence-electron chi connectivity index (χ3n) is 2.12. The lowest BCUT2D eigenvalue weighted by molar-refractivity contribution is 0.175. The Morgan fingerprint density at radius 2 is 1.82 bits per heavy atom. The summed E-state index contributed by atoms with van der Waals surface area (Å²) >= 11 is 0. The van der Waals surface area contributed by atoms with Gasteiger partial charge in [-0.25, -0.2) is 0 Å². The molecule has 6 nitrogen and oxygen atoms in total. The van der Waals surface area contributed by atoms with Gasteiger partial charge in [-0.3, -0.25) is 0 Å². The Morgan fingerprint density at radius 3 is 2.47 bits per heavy atom. The van der Waals surface area contributed by atoms with Crippen molar-refractivity contribution < 1.29 is 9.47 Å². The number of nitrogens with zero attached hydrogens (tertiary/aromatic N) is 4. The van der Waals surface area contributed by atoms with Crippen LogP contribution in [0.3, 0.4) is 0 Å². The first kappa shape index (κ1) is 11.4. The molecule has 1 heterocycles. The van der Waals surface area contributed by atoms with Gasteiger partial charge in [-0.1, -0.05) is 12.1 Å². The molecule has 0 fully saturated rings. The largest absolute Gasteiger partial charge is 0.497 e. The van der Waals surface area contributed by atoms with E-state index in [1.54, 1.807) is 14.2 Å². The first-order chi connectivity index (χ1) is 8.33. The Labute approximate surface area is 98.6 Å². The Morgan fingerprint density at radius 1 is 1.06 bits per heavy atom. The molecular weight excluding hydrogens is 220 g/mol. The lowest BCUT2D eigenvalue weighted by atomic mass is 10.2. The van der Waals surface area contributed by atoms with Crippen LogP contribution in [0.4, 0.5) is 0 Å². The maximum atomic E-state index is 5.12. The van der Waals surface area contributed by atoms with E-state index >= 15 is 0 Å². The summed E-state index contributed by atoms with van der Waals surface area (Å²) in [4.78, 5) is 0. The van der Waals surface area contributed by atoms with Crippen molar-refractivity contribution in [2.24, 2.45) is 0 Å². The van der Waals surface area contributed by atoms with E-state index in [9.17, 15) is 0 Å². The zero-order chi connectivity index (χ0) is 12.1. The molecule has 2 aromatic rings. The van der Waals surface area contributed by atoms with Crippen LogP contribution >= 0.6 is 0 Å². The van der Waals surface area contributed by atoms with Crippen molar-refractivity contribution in [3.63, 3.8) is 0 Å². The fourth-order valence-corrected chi connectivity index (χ4v) is 1.31. The summed E-state index contributed by atoms with van der Waals surface area (Å²) in [6.45, 7) is 0.304. The lowest BCUT2D eigenvalue weighted by Crippen LogP contribution is -2.03. The van der Waals surface area contributed by atoms with Crippen molar-refractivity contribution in [1.82, 2.24) is 20.4 Å². The van der Waals surface area contributed by atoms with Gasteiger partial charge in [0.05, 0.1) is 7.11 Å². The molecular formula is C11H12N4O2. The van der Waals surface area contributed by atoms with E-state index in [2.05, 4.69) is 20.4 Å². The van der Waals surface area contributed by atoms with E-state index in [0.717, 1.165) is 11.3 Å². The van der Waals surface area contributed by atoms with E-state index in [1.807, 2.05) is 24.3 Å². The predicted molar refractivity (Wildman–Crippen MR) is 60.3 cm³/mol. The molecule has 6 heteroatoms. The van der Waals surface area contributed by atoms with E-state index in [4.69, 9.17) is 9.47 Å². The molecule has 1 aromatic heterocycles. The Hall–Kier alpha value is -2.08. The highest BCUT2D eigenvalue weighted by atomic mass is 16.5. The molecule has 0 unspecified atom stereocenters. The van der Waals surface area contributed by atoms with Gasteiger partial charge in [0.2, 0.25) is 5.82 Å². The smallest absolute Gasteiger partial charge is 0.203 e. The van der Waals surface area contributed by atoms with Crippen LogP contribution < -0.4 is 4.74 Å². The van der Waals surface area contributed by atoms with Crippen molar-refractivity contribution in [3.05, 3.63) is 30.1 Å². The molecule has 0 saturated carbocycles. The summed E-state index contributed by atoms with van der Waals surface area (Å²) in [5.74, 6) is 1.66. The van der Waals surface area contributed by atoms with Crippen LogP contribution in [-0.2, 0) is 11.3 Å². The van der Waals surface area contributed by atoms with Crippen molar-refractivity contribution in [2.45, 2.75) is 6.61 Å². The predicted octanol–water partition coefficient (Wildman–Crippen LogP) is 1.09. The average molecular weight is 232 g/mol. The molecule has 1 aromatic carbocycles. The van der Waals surface area contributed by atoms with Crippen LogP contribution in [0.25, 0.3) is 11.4 Å². The van der Waals surface area contributed by atoms with Gasteiger partial charge in [0.25, 0.3) is 0 Å². The maximum absolute atomic E-state index is 5.12. The van der Waals surface area contributed by atoms with Gasteiger partial charge in [0.1, 0.15) is 12.4 Å². The highest BCUT2D eigenvalue weighted by Crippen LogP contribution is 2.19. The second-order valence-electron chi connectivity index (χ2n) is 3.30. The van der Waals surface area contributed by atoms with E-state index < -0.39 is 0 Å². The highest BCUT2D eigenvalue weighted by molar-refractivity contribution is 5.56. The van der Waals surface area contributed by atoms with Crippen LogP contribution in [0.1, 0.15) is 5.82 Å². The van der Waals surface area contributed by atoms with E-state index in [0.29, 0.717) is 18.3 Å². The van der Waals surface area contributed by atoms with Gasteiger partial charge in [0, 0.05) is 12.7 Å². The number of ether oxygens (including phenoxy) is 2. The maximum Gasteiger partial charge on any atom is 0.203 e. The SMILES string of the molecule is COCc1nnc(-c2cccc(OC)c2)nn1. The third-order valence-corrected chi connectivity index (χ3v) is 2.12. The number of hydrogen-bond acceptors (Lipinski definition) is 6. The molecule has 0 amide bonds. The standard InChI is InChI=1S/C11H12N4O2/c1-16-7-10-12-14-11(15-13-10)8-4-3-5-9(6-8)17-2/h3-6H,7H2,1-2H3. The van der Waals surface area contributed by atoms with Crippen molar-refractivity contribution in [3.8, 4) is 17.1 Å². The molecule has 0 aliphatic rings. The lowest BCUT2D eigenvalue weighted by Gasteiger charge is -2.02. The van der Waals surface area contributed by atoms with Crippen molar-refractivity contribution >= 4 is 0 Å². The number of benzene rings is 1. The molecule has 0 aliphatic carbocycles. The first-order valence-electron chi connectivity index (χ1n) is 5.03. The van der Waals surface area contributed by atoms with Crippen LogP contribution in [0.5, 0.6) is 5.75 Å². The molecule has 0 aliphatic heterocycles. The Bertz CT molecular complexity index is 487. The van der Waals surface area contributed by atoms with Gasteiger partial charge in [-0.05, 0) is 12.1 Å². The van der Waals surface area contributed by atoms with Gasteiger partial charge in [0.15, 0.2) is 5.82 Å². The van der Waals surface area contributed by atoms with Crippen molar-refractivity contribution in [2.75, 3.05) is 14.2 Å². The molecule has 88 valence electrons. The van der Waals surface area contributed by atoms with Gasteiger partial charge in [-0.2, -0.15) is 0 Å². The minimum Gasteiger partial charge on any atom is -0.497 e. The zero-order valence-electron chi connectivity index (χ0n) is 9.62. The third kappa shape index (κ3) is 2.73. The molecule has 0 bridgehead atoms. The Balaban J connectivity index is 2.26. The van der Waals surface area contributed by atoms with Crippen LogP contribution in [0, 0.1) is 0 Å². The fraction of sp³-hybridized carbons (Fsp3) is 0.273. The van der Waals surface area contributed by atoms with Gasteiger partial charge < -0.3 is 9.47 Å².